The second-order valence-electron chi connectivity index (χ2n) is 6.53. The lowest BCUT2D eigenvalue weighted by atomic mass is 9.88. The third kappa shape index (κ3) is 2.29. The Morgan fingerprint density at radius 2 is 1.88 bits per heavy atom. The largest absolute Gasteiger partial charge is 0.497 e. The van der Waals surface area contributed by atoms with Crippen LogP contribution >= 0.6 is 0 Å². The molecular weight excluding hydrogens is 300 g/mol. The van der Waals surface area contributed by atoms with Crippen molar-refractivity contribution in [1.82, 2.24) is 10.2 Å². The first-order valence-electron chi connectivity index (χ1n) is 8.50. The lowest BCUT2D eigenvalue weighted by molar-refractivity contribution is -0.134. The van der Waals surface area contributed by atoms with Crippen LogP contribution < -0.4 is 10.1 Å². The molecule has 4 nitrogen and oxygen atoms in total. The smallest absolute Gasteiger partial charge is 0.232 e. The molecule has 0 aromatic heterocycles. The van der Waals surface area contributed by atoms with E-state index in [0.717, 1.165) is 42.8 Å². The normalized spacial score (nSPS) is 26.3. The zero-order valence-corrected chi connectivity index (χ0v) is 13.9. The summed E-state index contributed by atoms with van der Waals surface area (Å²) in [6.07, 6.45) is 1.76. The molecule has 24 heavy (non-hydrogen) atoms. The third-order valence-corrected chi connectivity index (χ3v) is 5.27. The van der Waals surface area contributed by atoms with Gasteiger partial charge in [-0.3, -0.25) is 10.1 Å². The van der Waals surface area contributed by atoms with E-state index in [9.17, 15) is 4.79 Å². The quantitative estimate of drug-likeness (QED) is 0.945. The van der Waals surface area contributed by atoms with Gasteiger partial charge in [0.25, 0.3) is 0 Å². The van der Waals surface area contributed by atoms with E-state index in [0.29, 0.717) is 0 Å². The van der Waals surface area contributed by atoms with E-state index >= 15 is 0 Å². The minimum Gasteiger partial charge on any atom is -0.497 e. The minimum atomic E-state index is -0.401. The maximum Gasteiger partial charge on any atom is 0.232 e. The molecule has 2 aromatic rings. The minimum absolute atomic E-state index is 0.0844. The molecule has 4 rings (SSSR count). The highest BCUT2D eigenvalue weighted by Crippen LogP contribution is 2.46. The van der Waals surface area contributed by atoms with Crippen molar-refractivity contribution in [3.05, 3.63) is 65.7 Å². The molecule has 0 bridgehead atoms. The van der Waals surface area contributed by atoms with Gasteiger partial charge in [-0.05, 0) is 36.2 Å². The summed E-state index contributed by atoms with van der Waals surface area (Å²) in [5.74, 6) is 0.976. The van der Waals surface area contributed by atoms with Crippen molar-refractivity contribution >= 4 is 5.91 Å². The lowest BCUT2D eigenvalue weighted by Gasteiger charge is -2.43. The van der Waals surface area contributed by atoms with Crippen LogP contribution in [-0.4, -0.2) is 31.0 Å². The Balaban J connectivity index is 1.75. The molecule has 0 saturated carbocycles. The van der Waals surface area contributed by atoms with Crippen LogP contribution in [0.5, 0.6) is 5.75 Å². The highest BCUT2D eigenvalue weighted by Gasteiger charge is 2.53. The predicted molar refractivity (Wildman–Crippen MR) is 92.8 cm³/mol. The summed E-state index contributed by atoms with van der Waals surface area (Å²) >= 11 is 0. The van der Waals surface area contributed by atoms with Crippen molar-refractivity contribution in [3.8, 4) is 5.75 Å². The molecule has 124 valence electrons. The summed E-state index contributed by atoms with van der Waals surface area (Å²) in [5.41, 5.74) is 1.84. The number of fused-ring (bicyclic) bond motifs is 1. The summed E-state index contributed by atoms with van der Waals surface area (Å²) in [5, 5.41) is 3.64. The molecule has 2 atom stereocenters. The van der Waals surface area contributed by atoms with Gasteiger partial charge in [-0.25, -0.2) is 0 Å². The summed E-state index contributed by atoms with van der Waals surface area (Å²) < 4.78 is 5.28. The van der Waals surface area contributed by atoms with Crippen molar-refractivity contribution in [1.29, 1.82) is 0 Å². The highest BCUT2D eigenvalue weighted by atomic mass is 16.5. The van der Waals surface area contributed by atoms with Gasteiger partial charge in [0.2, 0.25) is 5.91 Å². The molecule has 4 heteroatoms. The molecule has 2 fully saturated rings. The van der Waals surface area contributed by atoms with Gasteiger partial charge >= 0.3 is 0 Å². The number of nitrogens with one attached hydrogen (secondary N) is 1. The van der Waals surface area contributed by atoms with Crippen LogP contribution in [0.25, 0.3) is 0 Å². The number of nitrogens with zero attached hydrogens (tertiary/aromatic N) is 1. The number of rotatable bonds is 3. The Morgan fingerprint density at radius 1 is 1.12 bits per heavy atom. The number of methoxy groups -OCH3 is 1. The highest BCUT2D eigenvalue weighted by molar-refractivity contribution is 5.87. The maximum absolute atomic E-state index is 13.1. The van der Waals surface area contributed by atoms with Crippen LogP contribution in [0, 0.1) is 0 Å². The van der Waals surface area contributed by atoms with E-state index in [1.54, 1.807) is 7.11 Å². The second kappa shape index (κ2) is 5.95. The van der Waals surface area contributed by atoms with Crippen LogP contribution in [0.4, 0.5) is 0 Å². The fourth-order valence-electron chi connectivity index (χ4n) is 4.06. The number of hydrogen-bond donors (Lipinski definition) is 1. The van der Waals surface area contributed by atoms with Crippen molar-refractivity contribution in [2.75, 3.05) is 20.2 Å². The molecule has 1 amide bonds. The first kappa shape index (κ1) is 15.2. The standard InChI is InChI=1S/C20H22N2O2/c1-24-17-10-8-16(9-11-17)20-14-18(15-6-3-2-4-7-15)19(23)22(20)13-5-12-21-20/h2-4,6-11,18,21H,5,12-14H2,1H3. The molecule has 2 heterocycles. The van der Waals surface area contributed by atoms with Gasteiger partial charge < -0.3 is 9.64 Å². The van der Waals surface area contributed by atoms with Gasteiger partial charge in [0.15, 0.2) is 0 Å². The summed E-state index contributed by atoms with van der Waals surface area (Å²) in [7, 11) is 1.67. The fraction of sp³-hybridized carbons (Fsp3) is 0.350. The zero-order valence-electron chi connectivity index (χ0n) is 13.9. The Kier molecular flexibility index (Phi) is 3.77. The van der Waals surface area contributed by atoms with Crippen LogP contribution in [0.15, 0.2) is 54.6 Å². The Morgan fingerprint density at radius 3 is 2.58 bits per heavy atom. The number of hydrogen-bond acceptors (Lipinski definition) is 3. The van der Waals surface area contributed by atoms with E-state index < -0.39 is 5.66 Å². The molecule has 2 aromatic carbocycles. The number of benzene rings is 2. The first-order valence-corrected chi connectivity index (χ1v) is 8.50. The number of carbonyl (C=O) groups is 1. The van der Waals surface area contributed by atoms with Gasteiger partial charge in [0.1, 0.15) is 11.4 Å². The van der Waals surface area contributed by atoms with Gasteiger partial charge in [-0.1, -0.05) is 42.5 Å². The summed E-state index contributed by atoms with van der Waals surface area (Å²) in [4.78, 5) is 15.1. The average molecular weight is 322 g/mol. The SMILES string of the molecule is COc1ccc(C23CC(c4ccccc4)C(=O)N2CCCN3)cc1. The van der Waals surface area contributed by atoms with Gasteiger partial charge in [0.05, 0.1) is 13.0 Å². The summed E-state index contributed by atoms with van der Waals surface area (Å²) in [6.45, 7) is 1.73. The van der Waals surface area contributed by atoms with E-state index in [4.69, 9.17) is 4.74 Å². The van der Waals surface area contributed by atoms with E-state index in [1.165, 1.54) is 0 Å². The molecule has 2 saturated heterocycles. The maximum atomic E-state index is 13.1. The Hall–Kier alpha value is -2.33. The predicted octanol–water partition coefficient (Wildman–Crippen LogP) is 2.86. The molecule has 1 N–H and O–H groups in total. The van der Waals surface area contributed by atoms with E-state index in [1.807, 2.05) is 35.2 Å². The monoisotopic (exact) mass is 322 g/mol. The lowest BCUT2D eigenvalue weighted by Crippen LogP contribution is -2.58. The Labute approximate surface area is 142 Å². The molecule has 2 aliphatic heterocycles. The number of carbonyl (C=O) groups excluding carboxylic acids is 1. The van der Waals surface area contributed by atoms with Crippen LogP contribution in [0.1, 0.15) is 29.9 Å². The van der Waals surface area contributed by atoms with Crippen molar-refractivity contribution in [2.45, 2.75) is 24.4 Å². The summed E-state index contributed by atoms with van der Waals surface area (Å²) in [6, 6.07) is 18.2. The molecule has 2 unspecified atom stereocenters. The van der Waals surface area contributed by atoms with Crippen molar-refractivity contribution < 1.29 is 9.53 Å². The Bertz CT molecular complexity index is 729. The zero-order chi connectivity index (χ0) is 16.6. The second-order valence-corrected chi connectivity index (χ2v) is 6.53. The van der Waals surface area contributed by atoms with Gasteiger partial charge in [0, 0.05) is 13.0 Å². The molecule has 2 aliphatic rings. The first-order chi connectivity index (χ1) is 11.7. The van der Waals surface area contributed by atoms with E-state index in [2.05, 4.69) is 29.6 Å². The topological polar surface area (TPSA) is 41.6 Å². The van der Waals surface area contributed by atoms with Gasteiger partial charge in [-0.2, -0.15) is 0 Å². The fourth-order valence-corrected chi connectivity index (χ4v) is 4.06. The van der Waals surface area contributed by atoms with Crippen LogP contribution in [-0.2, 0) is 10.5 Å². The third-order valence-electron chi connectivity index (χ3n) is 5.27. The van der Waals surface area contributed by atoms with Gasteiger partial charge in [-0.15, -0.1) is 0 Å². The number of ether oxygens (including phenoxy) is 1. The molecule has 0 radical (unpaired) electrons. The van der Waals surface area contributed by atoms with Crippen molar-refractivity contribution in [3.63, 3.8) is 0 Å². The van der Waals surface area contributed by atoms with Crippen molar-refractivity contribution in [2.24, 2.45) is 0 Å². The van der Waals surface area contributed by atoms with Crippen LogP contribution in [0.3, 0.4) is 0 Å². The number of amides is 1. The molecule has 0 aliphatic carbocycles. The molecular formula is C20H22N2O2. The average Bonchev–Trinajstić information content (AvgIpc) is 2.97. The van der Waals surface area contributed by atoms with Crippen LogP contribution in [0.2, 0.25) is 0 Å². The van der Waals surface area contributed by atoms with E-state index in [-0.39, 0.29) is 11.8 Å². The molecule has 0 spiro atoms.